The molecule has 1 aromatic heterocycles. The van der Waals surface area contributed by atoms with Gasteiger partial charge in [0.1, 0.15) is 5.75 Å². The van der Waals surface area contributed by atoms with E-state index in [1.807, 2.05) is 43.3 Å². The molecule has 5 rings (SSSR count). The molecule has 1 aliphatic heterocycles. The van der Waals surface area contributed by atoms with Crippen LogP contribution in [0.5, 0.6) is 5.75 Å². The van der Waals surface area contributed by atoms with Crippen molar-refractivity contribution >= 4 is 29.4 Å². The molecule has 1 aliphatic carbocycles. The van der Waals surface area contributed by atoms with Crippen molar-refractivity contribution in [2.45, 2.75) is 25.3 Å². The number of methoxy groups -OCH3 is 1. The Balaban J connectivity index is 0.000000381. The number of benzene rings is 2. The summed E-state index contributed by atoms with van der Waals surface area (Å²) in [5.41, 5.74) is 2.50. The molecular weight excluding hydrogens is 434 g/mol. The van der Waals surface area contributed by atoms with E-state index in [-0.39, 0.29) is 11.5 Å². The van der Waals surface area contributed by atoms with Crippen LogP contribution in [0.25, 0.3) is 10.9 Å². The van der Waals surface area contributed by atoms with Crippen LogP contribution in [0.15, 0.2) is 65.6 Å². The summed E-state index contributed by atoms with van der Waals surface area (Å²) in [6.45, 7) is 3.04. The van der Waals surface area contributed by atoms with Gasteiger partial charge in [-0.15, -0.1) is 0 Å². The predicted octanol–water partition coefficient (Wildman–Crippen LogP) is 4.26. The van der Waals surface area contributed by atoms with Gasteiger partial charge in [0.15, 0.2) is 0 Å². The number of amides is 1. The number of hydrogen-bond donors (Lipinski definition) is 3. The van der Waals surface area contributed by atoms with Crippen molar-refractivity contribution in [3.05, 3.63) is 87.9 Å². The number of carbonyl (C=O) groups excluding carboxylic acids is 1. The Morgan fingerprint density at radius 2 is 1.82 bits per heavy atom. The monoisotopic (exact) mass is 465 g/mol. The third-order valence-corrected chi connectivity index (χ3v) is 5.81. The van der Waals surface area contributed by atoms with Crippen LogP contribution in [-0.2, 0) is 5.54 Å². The summed E-state index contributed by atoms with van der Waals surface area (Å²) in [6, 6.07) is 14.7. The Kier molecular flexibility index (Phi) is 7.87. The summed E-state index contributed by atoms with van der Waals surface area (Å²) in [4.78, 5) is 30.0. The van der Waals surface area contributed by atoms with Crippen LogP contribution in [-0.4, -0.2) is 42.7 Å². The van der Waals surface area contributed by atoms with Crippen molar-refractivity contribution in [2.75, 3.05) is 27.0 Å². The van der Waals surface area contributed by atoms with Gasteiger partial charge in [-0.05, 0) is 67.6 Å². The van der Waals surface area contributed by atoms with Gasteiger partial charge < -0.3 is 19.9 Å². The number of nitrogens with zero attached hydrogens (tertiary/aromatic N) is 1. The highest BCUT2D eigenvalue weighted by Crippen LogP contribution is 2.47. The Hall–Kier alpha value is -3.19. The van der Waals surface area contributed by atoms with Crippen LogP contribution in [0.1, 0.15) is 34.3 Å². The number of pyridine rings is 1. The fourth-order valence-electron chi connectivity index (χ4n) is 3.76. The number of hydrogen-bond acceptors (Lipinski definition) is 5. The maximum absolute atomic E-state index is 12.9. The number of aryl methyl sites for hydroxylation is 1. The minimum absolute atomic E-state index is 0.150. The molecule has 1 amide bonds. The van der Waals surface area contributed by atoms with Crippen LogP contribution >= 0.6 is 12.6 Å². The fourth-order valence-corrected chi connectivity index (χ4v) is 3.76. The molecule has 2 aromatic carbocycles. The van der Waals surface area contributed by atoms with Crippen molar-refractivity contribution in [2.24, 2.45) is 0 Å². The molecule has 0 saturated heterocycles. The first-order valence-electron chi connectivity index (χ1n) is 10.8. The molecule has 33 heavy (non-hydrogen) atoms. The minimum atomic E-state index is -0.486. The zero-order valence-corrected chi connectivity index (χ0v) is 20.4. The van der Waals surface area contributed by atoms with E-state index >= 15 is 0 Å². The van der Waals surface area contributed by atoms with Gasteiger partial charge in [-0.3, -0.25) is 9.59 Å². The first-order valence-corrected chi connectivity index (χ1v) is 11.7. The Labute approximate surface area is 200 Å². The molecule has 3 aromatic rings. The van der Waals surface area contributed by atoms with Gasteiger partial charge in [0, 0.05) is 36.1 Å². The molecule has 1 fully saturated rings. The second kappa shape index (κ2) is 10.6. The van der Waals surface area contributed by atoms with Crippen molar-refractivity contribution in [3.63, 3.8) is 0 Å². The fraction of sp³-hybridized carbons (Fsp3) is 0.308. The Bertz CT molecular complexity index is 1210. The summed E-state index contributed by atoms with van der Waals surface area (Å²) in [5.74, 6) is 0.496. The average molecular weight is 466 g/mol. The highest BCUT2D eigenvalue weighted by molar-refractivity contribution is 7.79. The predicted molar refractivity (Wildman–Crippen MR) is 137 cm³/mol. The molecule has 0 unspecified atom stereocenters. The van der Waals surface area contributed by atoms with Gasteiger partial charge in [-0.2, -0.15) is 12.6 Å². The molecule has 6 nitrogen and oxygen atoms in total. The van der Waals surface area contributed by atoms with E-state index in [1.54, 1.807) is 25.5 Å². The molecule has 2 aliphatic rings. The van der Waals surface area contributed by atoms with E-state index in [9.17, 15) is 9.59 Å². The van der Waals surface area contributed by atoms with Crippen LogP contribution < -0.4 is 15.6 Å². The number of para-hydroxylation sites is 1. The molecule has 0 bridgehead atoms. The van der Waals surface area contributed by atoms with Crippen molar-refractivity contribution in [3.8, 4) is 5.75 Å². The topological polar surface area (TPSA) is 74.4 Å². The number of aromatic nitrogens is 1. The SMILES string of the molecule is CN1C=CC1.COc1ccc(C)c(C(=O)NC2(c3cc(=O)[nH]c4ccccc34)CC2)c1.CS. The summed E-state index contributed by atoms with van der Waals surface area (Å²) in [7, 11) is 3.64. The summed E-state index contributed by atoms with van der Waals surface area (Å²) in [6.07, 6.45) is 7.50. The third-order valence-electron chi connectivity index (χ3n) is 5.81. The normalized spacial score (nSPS) is 14.8. The largest absolute Gasteiger partial charge is 0.497 e. The van der Waals surface area contributed by atoms with Crippen LogP contribution in [0.3, 0.4) is 0 Å². The van der Waals surface area contributed by atoms with Gasteiger partial charge >= 0.3 is 0 Å². The van der Waals surface area contributed by atoms with Crippen LogP contribution in [0.4, 0.5) is 0 Å². The van der Waals surface area contributed by atoms with Crippen molar-refractivity contribution < 1.29 is 9.53 Å². The first-order chi connectivity index (χ1) is 15.9. The van der Waals surface area contributed by atoms with E-state index in [4.69, 9.17) is 4.74 Å². The number of fused-ring (bicyclic) bond motifs is 1. The molecule has 2 N–H and O–H groups in total. The number of likely N-dealkylation sites (N-methyl/N-ethyl adjacent to an activating group) is 1. The lowest BCUT2D eigenvalue weighted by atomic mass is 9.99. The number of ether oxygens (including phenoxy) is 1. The number of rotatable bonds is 4. The van der Waals surface area contributed by atoms with E-state index in [0.29, 0.717) is 11.3 Å². The third kappa shape index (κ3) is 5.60. The first kappa shape index (κ1) is 24.5. The van der Waals surface area contributed by atoms with Crippen LogP contribution in [0.2, 0.25) is 0 Å². The molecular formula is C26H31N3O3S. The summed E-state index contributed by atoms with van der Waals surface area (Å²) in [5, 5.41) is 4.13. The quantitative estimate of drug-likeness (QED) is 0.504. The lowest BCUT2D eigenvalue weighted by molar-refractivity contribution is 0.0930. The number of carbonyl (C=O) groups is 1. The number of thiol groups is 1. The second-order valence-corrected chi connectivity index (χ2v) is 8.13. The lowest BCUT2D eigenvalue weighted by Gasteiger charge is -2.20. The zero-order chi connectivity index (χ0) is 24.0. The summed E-state index contributed by atoms with van der Waals surface area (Å²) >= 11 is 3.53. The molecule has 174 valence electrons. The Morgan fingerprint density at radius 3 is 2.39 bits per heavy atom. The number of nitrogens with one attached hydrogen (secondary N) is 2. The van der Waals surface area contributed by atoms with E-state index in [2.05, 4.69) is 47.2 Å². The molecule has 7 heteroatoms. The molecule has 0 atom stereocenters. The number of aromatic amines is 1. The lowest BCUT2D eigenvalue weighted by Crippen LogP contribution is -2.36. The van der Waals surface area contributed by atoms with E-state index < -0.39 is 5.54 Å². The van der Waals surface area contributed by atoms with Crippen molar-refractivity contribution in [1.82, 2.24) is 15.2 Å². The van der Waals surface area contributed by atoms with E-state index in [0.717, 1.165) is 41.4 Å². The van der Waals surface area contributed by atoms with Crippen molar-refractivity contribution in [1.29, 1.82) is 0 Å². The standard InChI is InChI=1S/C21H20N2O3.C4H7N.CH4S/c1-13-7-8-14(26-2)11-16(13)20(25)23-21(9-10-21)17-12-19(24)22-18-6-4-3-5-15(17)18;1-5-3-2-4-5;1-2/h3-8,11-12H,9-10H2,1-2H3,(H,22,24)(H,23,25);2-3H,4H2,1H3;2H,1H3. The molecule has 1 saturated carbocycles. The second-order valence-electron chi connectivity index (χ2n) is 8.13. The molecule has 0 spiro atoms. The smallest absolute Gasteiger partial charge is 0.252 e. The maximum Gasteiger partial charge on any atom is 0.252 e. The van der Waals surface area contributed by atoms with Gasteiger partial charge in [-0.25, -0.2) is 0 Å². The zero-order valence-electron chi connectivity index (χ0n) is 19.5. The van der Waals surface area contributed by atoms with Gasteiger partial charge in [0.05, 0.1) is 12.6 Å². The highest BCUT2D eigenvalue weighted by atomic mass is 32.1. The van der Waals surface area contributed by atoms with Gasteiger partial charge in [-0.1, -0.05) is 24.3 Å². The van der Waals surface area contributed by atoms with Crippen LogP contribution in [0, 0.1) is 6.92 Å². The number of H-pyrrole nitrogens is 1. The highest BCUT2D eigenvalue weighted by Gasteiger charge is 2.47. The van der Waals surface area contributed by atoms with E-state index in [1.165, 1.54) is 0 Å². The molecule has 0 radical (unpaired) electrons. The molecule has 2 heterocycles. The average Bonchev–Trinajstić information content (AvgIpc) is 3.59. The Morgan fingerprint density at radius 1 is 1.15 bits per heavy atom. The maximum atomic E-state index is 12.9. The minimum Gasteiger partial charge on any atom is -0.497 e. The van der Waals surface area contributed by atoms with Gasteiger partial charge in [0.2, 0.25) is 5.56 Å². The van der Waals surface area contributed by atoms with Gasteiger partial charge in [0.25, 0.3) is 5.91 Å². The summed E-state index contributed by atoms with van der Waals surface area (Å²) < 4.78 is 5.24.